The molecule has 2 aromatic carbocycles. The zero-order chi connectivity index (χ0) is 20.3. The fourth-order valence-electron chi connectivity index (χ4n) is 2.68. The van der Waals surface area contributed by atoms with Crippen LogP contribution in [0.15, 0.2) is 59.5 Å². The lowest BCUT2D eigenvalue weighted by molar-refractivity contribution is 0.101. The Kier molecular flexibility index (Phi) is 5.41. The highest BCUT2D eigenvalue weighted by molar-refractivity contribution is 7.92. The molecule has 0 fully saturated rings. The molecule has 0 aliphatic carbocycles. The lowest BCUT2D eigenvalue weighted by atomic mass is 10.1. The number of anilines is 3. The number of Topliss-reactive ketones (excluding diaryl/α,β-unsaturated/α-hetero) is 1. The Morgan fingerprint density at radius 3 is 2.11 bits per heavy atom. The summed E-state index contributed by atoms with van der Waals surface area (Å²) >= 11 is 0. The van der Waals surface area contributed by atoms with E-state index < -0.39 is 10.0 Å². The summed E-state index contributed by atoms with van der Waals surface area (Å²) in [6.07, 6.45) is 0. The number of hydrogen-bond donors (Lipinski definition) is 2. The molecule has 0 saturated carbocycles. The lowest BCUT2D eigenvalue weighted by Crippen LogP contribution is -2.15. The van der Waals surface area contributed by atoms with E-state index in [1.807, 2.05) is 13.0 Å². The molecule has 8 heteroatoms. The molecule has 3 aromatic rings. The van der Waals surface area contributed by atoms with Crippen LogP contribution in [0.1, 0.15) is 28.4 Å². The van der Waals surface area contributed by atoms with Gasteiger partial charge in [-0.3, -0.25) is 9.52 Å². The quantitative estimate of drug-likeness (QED) is 0.614. The Morgan fingerprint density at radius 2 is 1.54 bits per heavy atom. The standard InChI is InChI=1S/C20H20N4O3S/c1-13-4-9-18(14(2)12-13)28(26,27)24-20-11-10-19(22-23-20)21-17-7-5-16(6-8-17)15(3)25/h4-12H,1-3H3,(H,21,22)(H,23,24). The van der Waals surface area contributed by atoms with E-state index in [-0.39, 0.29) is 16.5 Å². The van der Waals surface area contributed by atoms with Crippen LogP contribution >= 0.6 is 0 Å². The summed E-state index contributed by atoms with van der Waals surface area (Å²) in [6, 6.07) is 15.2. The number of ketones is 1. The van der Waals surface area contributed by atoms with E-state index in [0.29, 0.717) is 16.9 Å². The number of hydrogen-bond acceptors (Lipinski definition) is 6. The first-order valence-corrected chi connectivity index (χ1v) is 10.0. The molecule has 0 spiro atoms. The molecular weight excluding hydrogens is 376 g/mol. The zero-order valence-electron chi connectivity index (χ0n) is 15.7. The number of carbonyl (C=O) groups excluding carboxylic acids is 1. The van der Waals surface area contributed by atoms with Crippen molar-refractivity contribution in [2.45, 2.75) is 25.7 Å². The van der Waals surface area contributed by atoms with Gasteiger partial charge in [-0.1, -0.05) is 17.7 Å². The maximum Gasteiger partial charge on any atom is 0.263 e. The Hall–Kier alpha value is -3.26. The number of aryl methyl sites for hydroxylation is 2. The van der Waals surface area contributed by atoms with Gasteiger partial charge < -0.3 is 5.32 Å². The van der Waals surface area contributed by atoms with Gasteiger partial charge in [-0.05, 0) is 68.8 Å². The number of benzene rings is 2. The summed E-state index contributed by atoms with van der Waals surface area (Å²) < 4.78 is 27.6. The number of carbonyl (C=O) groups is 1. The molecule has 0 saturated heterocycles. The van der Waals surface area contributed by atoms with Crippen LogP contribution in [0.25, 0.3) is 0 Å². The van der Waals surface area contributed by atoms with Crippen molar-refractivity contribution in [3.63, 3.8) is 0 Å². The van der Waals surface area contributed by atoms with E-state index >= 15 is 0 Å². The number of nitrogens with one attached hydrogen (secondary N) is 2. The van der Waals surface area contributed by atoms with Gasteiger partial charge in [0, 0.05) is 11.3 Å². The highest BCUT2D eigenvalue weighted by Gasteiger charge is 2.17. The predicted octanol–water partition coefficient (Wildman–Crippen LogP) is 3.84. The van der Waals surface area contributed by atoms with E-state index in [1.165, 1.54) is 13.0 Å². The molecule has 3 rings (SSSR count). The Bertz CT molecular complexity index is 1110. The van der Waals surface area contributed by atoms with Crippen molar-refractivity contribution < 1.29 is 13.2 Å². The second-order valence-corrected chi connectivity index (χ2v) is 8.09. The first kappa shape index (κ1) is 19.5. The molecular formula is C20H20N4O3S. The predicted molar refractivity (Wildman–Crippen MR) is 108 cm³/mol. The number of rotatable bonds is 6. The fourth-order valence-corrected chi connectivity index (χ4v) is 3.91. The van der Waals surface area contributed by atoms with Gasteiger partial charge in [-0.25, -0.2) is 8.42 Å². The molecule has 0 unspecified atom stereocenters. The maximum absolute atomic E-state index is 12.6. The molecule has 0 radical (unpaired) electrons. The van der Waals surface area contributed by atoms with Gasteiger partial charge in [0.1, 0.15) is 0 Å². The van der Waals surface area contributed by atoms with Crippen LogP contribution in [0, 0.1) is 13.8 Å². The molecule has 0 aliphatic rings. The van der Waals surface area contributed by atoms with Gasteiger partial charge in [-0.2, -0.15) is 0 Å². The average Bonchev–Trinajstić information content (AvgIpc) is 2.63. The van der Waals surface area contributed by atoms with Gasteiger partial charge in [-0.15, -0.1) is 10.2 Å². The molecule has 144 valence electrons. The van der Waals surface area contributed by atoms with Crippen molar-refractivity contribution in [2.24, 2.45) is 0 Å². The Morgan fingerprint density at radius 1 is 0.893 bits per heavy atom. The highest BCUT2D eigenvalue weighted by Crippen LogP contribution is 2.20. The summed E-state index contributed by atoms with van der Waals surface area (Å²) in [5, 5.41) is 11.0. The van der Waals surface area contributed by atoms with Crippen molar-refractivity contribution in [3.05, 3.63) is 71.3 Å². The summed E-state index contributed by atoms with van der Waals surface area (Å²) in [5.74, 6) is 0.564. The molecule has 0 aliphatic heterocycles. The second-order valence-electron chi connectivity index (χ2n) is 6.44. The summed E-state index contributed by atoms with van der Waals surface area (Å²) in [4.78, 5) is 11.5. The molecule has 0 bridgehead atoms. The maximum atomic E-state index is 12.6. The normalized spacial score (nSPS) is 11.1. The largest absolute Gasteiger partial charge is 0.339 e. The Labute approximate surface area is 163 Å². The lowest BCUT2D eigenvalue weighted by Gasteiger charge is -2.10. The fraction of sp³-hybridized carbons (Fsp3) is 0.150. The van der Waals surface area contributed by atoms with E-state index in [4.69, 9.17) is 0 Å². The van der Waals surface area contributed by atoms with Gasteiger partial charge in [0.2, 0.25) is 0 Å². The smallest absolute Gasteiger partial charge is 0.263 e. The monoisotopic (exact) mass is 396 g/mol. The van der Waals surface area contributed by atoms with Crippen LogP contribution in [0.3, 0.4) is 0 Å². The van der Waals surface area contributed by atoms with E-state index in [2.05, 4.69) is 20.2 Å². The van der Waals surface area contributed by atoms with Crippen LogP contribution in [0.2, 0.25) is 0 Å². The van der Waals surface area contributed by atoms with Crippen LogP contribution in [0.5, 0.6) is 0 Å². The topological polar surface area (TPSA) is 101 Å². The third-order valence-electron chi connectivity index (χ3n) is 4.09. The van der Waals surface area contributed by atoms with E-state index in [0.717, 1.165) is 11.3 Å². The average molecular weight is 396 g/mol. The van der Waals surface area contributed by atoms with Crippen LogP contribution in [-0.4, -0.2) is 24.4 Å². The SMILES string of the molecule is CC(=O)c1ccc(Nc2ccc(NS(=O)(=O)c3ccc(C)cc3C)nn2)cc1. The number of aromatic nitrogens is 2. The minimum absolute atomic E-state index is 0.00760. The summed E-state index contributed by atoms with van der Waals surface area (Å²) in [6.45, 7) is 5.16. The number of sulfonamides is 1. The molecule has 7 nitrogen and oxygen atoms in total. The highest BCUT2D eigenvalue weighted by atomic mass is 32.2. The van der Waals surface area contributed by atoms with Crippen molar-refractivity contribution in [3.8, 4) is 0 Å². The van der Waals surface area contributed by atoms with Crippen molar-refractivity contribution >= 4 is 33.1 Å². The van der Waals surface area contributed by atoms with Crippen LogP contribution in [-0.2, 0) is 10.0 Å². The molecule has 1 aromatic heterocycles. The molecule has 0 atom stereocenters. The third kappa shape index (κ3) is 4.52. The third-order valence-corrected chi connectivity index (χ3v) is 5.60. The van der Waals surface area contributed by atoms with Gasteiger partial charge in [0.15, 0.2) is 17.4 Å². The second kappa shape index (κ2) is 7.77. The zero-order valence-corrected chi connectivity index (χ0v) is 16.5. The van der Waals surface area contributed by atoms with E-state index in [9.17, 15) is 13.2 Å². The Balaban J connectivity index is 1.72. The summed E-state index contributed by atoms with van der Waals surface area (Å²) in [7, 11) is -3.75. The van der Waals surface area contributed by atoms with E-state index in [1.54, 1.807) is 49.4 Å². The molecule has 0 amide bonds. The van der Waals surface area contributed by atoms with Crippen molar-refractivity contribution in [1.82, 2.24) is 10.2 Å². The molecule has 2 N–H and O–H groups in total. The van der Waals surface area contributed by atoms with Crippen molar-refractivity contribution in [2.75, 3.05) is 10.0 Å². The summed E-state index contributed by atoms with van der Waals surface area (Å²) in [5.41, 5.74) is 3.01. The molecule has 28 heavy (non-hydrogen) atoms. The van der Waals surface area contributed by atoms with Crippen molar-refractivity contribution in [1.29, 1.82) is 0 Å². The van der Waals surface area contributed by atoms with Gasteiger partial charge >= 0.3 is 0 Å². The minimum Gasteiger partial charge on any atom is -0.339 e. The molecule has 1 heterocycles. The first-order valence-electron chi connectivity index (χ1n) is 8.56. The first-order chi connectivity index (χ1) is 13.2. The number of nitrogens with zero attached hydrogens (tertiary/aromatic N) is 2. The van der Waals surface area contributed by atoms with Crippen LogP contribution in [0.4, 0.5) is 17.3 Å². The minimum atomic E-state index is -3.75. The van der Waals surface area contributed by atoms with Gasteiger partial charge in [0.05, 0.1) is 4.90 Å². The van der Waals surface area contributed by atoms with Crippen LogP contribution < -0.4 is 10.0 Å². The van der Waals surface area contributed by atoms with Gasteiger partial charge in [0.25, 0.3) is 10.0 Å².